The Morgan fingerprint density at radius 3 is 2.31 bits per heavy atom. The molecule has 0 aliphatic carbocycles. The molecule has 4 N–H and O–H groups in total. The first-order valence-corrected chi connectivity index (χ1v) is 21.1. The van der Waals surface area contributed by atoms with E-state index < -0.39 is 24.3 Å². The molecule has 2 saturated heterocycles. The highest BCUT2D eigenvalue weighted by atomic mass is 16.5. The van der Waals surface area contributed by atoms with Crippen molar-refractivity contribution in [2.45, 2.75) is 77.7 Å². The fraction of sp³-hybridized carbons (Fsp3) is 0.435. The molecule has 3 aliphatic heterocycles. The first kappa shape index (κ1) is 42.3. The zero-order valence-electron chi connectivity index (χ0n) is 36.2. The van der Waals surface area contributed by atoms with Crippen molar-refractivity contribution in [1.82, 2.24) is 40.4 Å². The van der Waals surface area contributed by atoms with Crippen LogP contribution in [0.15, 0.2) is 60.9 Å². The summed E-state index contributed by atoms with van der Waals surface area (Å²) >= 11 is 0. The van der Waals surface area contributed by atoms with Crippen molar-refractivity contribution in [3.05, 3.63) is 78.1 Å². The summed E-state index contributed by atoms with van der Waals surface area (Å²) in [5, 5.41) is 7.36. The SMILES string of the molecule is C=C1CC[C@@H](c2nc3ccc4cc5c(cc4c3[nH]2)OCc2cc(-c3cnc([C@@H]4C[C@H](COC)CN4C(=O)C(NC(=O)OC)C(C)C)[nH]3)ccc2-5)N1C(=O)C(NC(=O)OC)C(C)C. The van der Waals surface area contributed by atoms with Crippen molar-refractivity contribution in [3.63, 3.8) is 0 Å². The number of benzene rings is 3. The summed E-state index contributed by atoms with van der Waals surface area (Å²) in [6.07, 6.45) is 2.40. The molecule has 5 heterocycles. The third-order valence-corrected chi connectivity index (χ3v) is 12.4. The van der Waals surface area contributed by atoms with E-state index in [0.717, 1.165) is 55.5 Å². The number of alkyl carbamates (subject to hydrolysis) is 2. The number of amides is 4. The van der Waals surface area contributed by atoms with Crippen LogP contribution in [0.25, 0.3) is 44.2 Å². The Morgan fingerprint density at radius 1 is 0.887 bits per heavy atom. The van der Waals surface area contributed by atoms with Gasteiger partial charge in [-0.2, -0.15) is 0 Å². The Kier molecular flexibility index (Phi) is 11.7. The summed E-state index contributed by atoms with van der Waals surface area (Å²) in [4.78, 5) is 72.4. The maximum Gasteiger partial charge on any atom is 0.407 e. The Balaban J connectivity index is 1.05. The van der Waals surface area contributed by atoms with Crippen LogP contribution in [0.3, 0.4) is 0 Å². The fourth-order valence-electron chi connectivity index (χ4n) is 9.14. The normalized spacial score (nSPS) is 19.4. The zero-order valence-corrected chi connectivity index (χ0v) is 36.2. The van der Waals surface area contributed by atoms with E-state index >= 15 is 0 Å². The molecule has 2 unspecified atom stereocenters. The second-order valence-corrected chi connectivity index (χ2v) is 17.1. The van der Waals surface area contributed by atoms with Gasteiger partial charge >= 0.3 is 12.2 Å². The molecule has 0 bridgehead atoms. The summed E-state index contributed by atoms with van der Waals surface area (Å²) < 4.78 is 21.5. The molecule has 5 aromatic rings. The number of likely N-dealkylation sites (tertiary alicyclic amines) is 2. The first-order chi connectivity index (χ1) is 29.8. The van der Waals surface area contributed by atoms with Crippen molar-refractivity contribution in [1.29, 1.82) is 0 Å². The van der Waals surface area contributed by atoms with E-state index in [1.54, 1.807) is 23.1 Å². The second kappa shape index (κ2) is 17.2. The number of aromatic amines is 2. The number of H-pyrrole nitrogens is 2. The van der Waals surface area contributed by atoms with Gasteiger partial charge in [-0.1, -0.05) is 52.5 Å². The van der Waals surface area contributed by atoms with Crippen LogP contribution in [0.1, 0.15) is 76.3 Å². The molecule has 3 aromatic carbocycles. The summed E-state index contributed by atoms with van der Waals surface area (Å²) in [5.41, 5.74) is 7.09. The quantitative estimate of drug-likeness (QED) is 0.106. The molecule has 0 radical (unpaired) electrons. The number of nitrogens with zero attached hydrogens (tertiary/aromatic N) is 4. The van der Waals surface area contributed by atoms with Crippen molar-refractivity contribution in [3.8, 4) is 28.1 Å². The highest BCUT2D eigenvalue weighted by Gasteiger charge is 2.42. The predicted molar refractivity (Wildman–Crippen MR) is 232 cm³/mol. The van der Waals surface area contributed by atoms with Gasteiger partial charge < -0.3 is 49.3 Å². The van der Waals surface area contributed by atoms with Crippen LogP contribution in [0.5, 0.6) is 5.75 Å². The zero-order chi connectivity index (χ0) is 44.0. The van der Waals surface area contributed by atoms with Crippen LogP contribution < -0.4 is 15.4 Å². The molecule has 8 rings (SSSR count). The minimum Gasteiger partial charge on any atom is -0.488 e. The molecular formula is C46H54N8O8. The van der Waals surface area contributed by atoms with Gasteiger partial charge in [-0.25, -0.2) is 19.6 Å². The van der Waals surface area contributed by atoms with Gasteiger partial charge in [0.15, 0.2) is 0 Å². The number of rotatable bonds is 11. The van der Waals surface area contributed by atoms with E-state index in [4.69, 9.17) is 28.9 Å². The molecule has 0 spiro atoms. The largest absolute Gasteiger partial charge is 0.488 e. The smallest absolute Gasteiger partial charge is 0.407 e. The van der Waals surface area contributed by atoms with Gasteiger partial charge in [0.05, 0.1) is 55.8 Å². The molecular weight excluding hydrogens is 793 g/mol. The van der Waals surface area contributed by atoms with Crippen LogP contribution in [0.2, 0.25) is 0 Å². The average Bonchev–Trinajstić information content (AvgIpc) is 4.09. The van der Waals surface area contributed by atoms with Gasteiger partial charge in [-0.05, 0) is 77.4 Å². The lowest BCUT2D eigenvalue weighted by Crippen LogP contribution is -2.51. The third-order valence-electron chi connectivity index (χ3n) is 12.4. The molecule has 0 saturated carbocycles. The molecule has 4 amide bonds. The number of allylic oxidation sites excluding steroid dienone is 1. The fourth-order valence-corrected chi connectivity index (χ4v) is 9.14. The van der Waals surface area contributed by atoms with Crippen molar-refractivity contribution < 1.29 is 38.1 Å². The predicted octanol–water partition coefficient (Wildman–Crippen LogP) is 7.14. The van der Waals surface area contributed by atoms with E-state index in [0.29, 0.717) is 56.4 Å². The summed E-state index contributed by atoms with van der Waals surface area (Å²) in [5.74, 6) is 1.38. The van der Waals surface area contributed by atoms with Crippen LogP contribution in [-0.4, -0.2) is 100 Å². The highest BCUT2D eigenvalue weighted by molar-refractivity contribution is 6.07. The number of carbonyl (C=O) groups is 4. The Labute approximate surface area is 359 Å². The first-order valence-electron chi connectivity index (χ1n) is 21.1. The summed E-state index contributed by atoms with van der Waals surface area (Å²) in [6.45, 7) is 13.1. The number of hydrogen-bond acceptors (Lipinski definition) is 10. The van der Waals surface area contributed by atoms with Crippen molar-refractivity contribution in [2.24, 2.45) is 17.8 Å². The molecule has 16 heteroatoms. The molecule has 62 heavy (non-hydrogen) atoms. The standard InChI is InChI=1S/C46H54N8O8/c1-23(2)38(51-45(57)60-7)43(55)53-20-26(21-59-6)15-36(53)41-47-19-34(49-41)28-10-12-30-29(16-28)22-62-37-18-31-27(17-32(30)37)11-13-33-40(31)50-42(48-33)35-14-9-25(5)54(35)44(56)39(24(3)4)52-46(58)61-8/h10-13,16-19,23-24,26,35-36,38-39H,5,9,14-15,20-22H2,1-4,6-8H3,(H,47,49)(H,48,50)(H,51,57)(H,52,58)/t26-,35-,36-,38?,39?/m0/s1. The van der Waals surface area contributed by atoms with E-state index in [-0.39, 0.29) is 41.7 Å². The number of fused-ring (bicyclic) bond motifs is 6. The van der Waals surface area contributed by atoms with Crippen LogP contribution in [0, 0.1) is 17.8 Å². The molecule has 2 fully saturated rings. The van der Waals surface area contributed by atoms with E-state index in [1.807, 2.05) is 39.8 Å². The lowest BCUT2D eigenvalue weighted by Gasteiger charge is -2.30. The minimum absolute atomic E-state index is 0.103. The number of nitrogens with one attached hydrogen (secondary N) is 4. The van der Waals surface area contributed by atoms with Crippen LogP contribution >= 0.6 is 0 Å². The number of hydrogen-bond donors (Lipinski definition) is 4. The molecule has 2 aromatic heterocycles. The maximum atomic E-state index is 14.0. The number of ether oxygens (including phenoxy) is 4. The molecule has 3 aliphatic rings. The molecule has 5 atom stereocenters. The lowest BCUT2D eigenvalue weighted by atomic mass is 9.92. The number of methoxy groups -OCH3 is 3. The minimum atomic E-state index is -0.791. The second-order valence-electron chi connectivity index (χ2n) is 17.1. The Hall–Kier alpha value is -6.42. The van der Waals surface area contributed by atoms with Gasteiger partial charge in [0.25, 0.3) is 0 Å². The van der Waals surface area contributed by atoms with Crippen molar-refractivity contribution >= 4 is 45.8 Å². The van der Waals surface area contributed by atoms with Gasteiger partial charge in [-0.15, -0.1) is 0 Å². The topological polar surface area (TPSA) is 193 Å². The molecule has 16 nitrogen and oxygen atoms in total. The van der Waals surface area contributed by atoms with Crippen molar-refractivity contribution in [2.75, 3.05) is 34.5 Å². The monoisotopic (exact) mass is 846 g/mol. The van der Waals surface area contributed by atoms with Gasteiger partial charge in [0, 0.05) is 36.2 Å². The maximum absolute atomic E-state index is 14.0. The highest BCUT2D eigenvalue weighted by Crippen LogP contribution is 2.44. The molecule has 326 valence electrons. The number of imidazole rings is 2. The number of aromatic nitrogens is 4. The van der Waals surface area contributed by atoms with Gasteiger partial charge in [-0.3, -0.25) is 9.59 Å². The third kappa shape index (κ3) is 7.83. The Bertz CT molecular complexity index is 2560. The van der Waals surface area contributed by atoms with E-state index in [1.165, 1.54) is 14.2 Å². The van der Waals surface area contributed by atoms with E-state index in [2.05, 4.69) is 57.5 Å². The summed E-state index contributed by atoms with van der Waals surface area (Å²) in [7, 11) is 4.21. The lowest BCUT2D eigenvalue weighted by molar-refractivity contribution is -0.136. The average molecular weight is 847 g/mol. The summed E-state index contributed by atoms with van der Waals surface area (Å²) in [6, 6.07) is 12.2. The van der Waals surface area contributed by atoms with Gasteiger partial charge in [0.1, 0.15) is 36.1 Å². The Morgan fingerprint density at radius 2 is 1.61 bits per heavy atom. The number of carbonyl (C=O) groups excluding carboxylic acids is 4. The van der Waals surface area contributed by atoms with Crippen LogP contribution in [0.4, 0.5) is 9.59 Å². The van der Waals surface area contributed by atoms with Gasteiger partial charge in [0.2, 0.25) is 11.8 Å². The van der Waals surface area contributed by atoms with E-state index in [9.17, 15) is 19.2 Å². The van der Waals surface area contributed by atoms with Crippen LogP contribution in [-0.2, 0) is 30.4 Å².